The molecule has 1 aliphatic rings. The molecule has 0 saturated carbocycles. The van der Waals surface area contributed by atoms with Crippen LogP contribution in [0.15, 0.2) is 54.1 Å². The summed E-state index contributed by atoms with van der Waals surface area (Å²) < 4.78 is 1.74. The van der Waals surface area contributed by atoms with Crippen LogP contribution in [0.5, 0.6) is 5.75 Å². The Labute approximate surface area is 132 Å². The molecule has 1 aromatic heterocycles. The zero-order valence-electron chi connectivity index (χ0n) is 12.1. The van der Waals surface area contributed by atoms with Crippen molar-refractivity contribution in [1.82, 2.24) is 9.55 Å². The van der Waals surface area contributed by atoms with E-state index in [-0.39, 0.29) is 5.75 Å². The molecule has 6 heteroatoms. The molecule has 2 heterocycles. The van der Waals surface area contributed by atoms with E-state index in [1.807, 2.05) is 30.3 Å². The number of rotatable bonds is 1. The Bertz CT molecular complexity index is 996. The van der Waals surface area contributed by atoms with Crippen molar-refractivity contribution in [1.29, 1.82) is 5.26 Å². The monoisotopic (exact) mass is 303 g/mol. The molecular formula is C17H13N5O. The molecule has 6 nitrogen and oxygen atoms in total. The predicted octanol–water partition coefficient (Wildman–Crippen LogP) is 2.56. The van der Waals surface area contributed by atoms with Crippen molar-refractivity contribution in [3.05, 3.63) is 59.7 Å². The van der Waals surface area contributed by atoms with Crippen LogP contribution < -0.4 is 11.1 Å². The summed E-state index contributed by atoms with van der Waals surface area (Å²) in [5.74, 6) is 1.07. The number of fused-ring (bicyclic) bond motifs is 3. The van der Waals surface area contributed by atoms with E-state index < -0.39 is 6.04 Å². The number of nitrogens with two attached hydrogens (primary N) is 1. The first-order chi connectivity index (χ1) is 11.2. The lowest BCUT2D eigenvalue weighted by atomic mass is 9.98. The van der Waals surface area contributed by atoms with Crippen molar-refractivity contribution < 1.29 is 5.11 Å². The molecule has 112 valence electrons. The molecule has 0 radical (unpaired) electrons. The SMILES string of the molecule is N#CC1=C(N)n2c(nc3ccccc32)NC1c1cccc(O)c1. The van der Waals surface area contributed by atoms with Gasteiger partial charge in [0.1, 0.15) is 17.6 Å². The van der Waals surface area contributed by atoms with E-state index in [1.54, 1.807) is 22.8 Å². The highest BCUT2D eigenvalue weighted by Crippen LogP contribution is 2.36. The second-order valence-corrected chi connectivity index (χ2v) is 5.34. The van der Waals surface area contributed by atoms with Crippen LogP contribution in [0.4, 0.5) is 5.95 Å². The largest absolute Gasteiger partial charge is 0.508 e. The fraction of sp³-hybridized carbons (Fsp3) is 0.0588. The van der Waals surface area contributed by atoms with Crippen LogP contribution in [0.2, 0.25) is 0 Å². The summed E-state index contributed by atoms with van der Waals surface area (Å²) in [5.41, 5.74) is 9.04. The van der Waals surface area contributed by atoms with Crippen LogP contribution in [-0.2, 0) is 0 Å². The maximum atomic E-state index is 9.70. The number of aromatic hydroxyl groups is 1. The van der Waals surface area contributed by atoms with Crippen LogP contribution in [0, 0.1) is 11.3 Å². The molecule has 1 aliphatic heterocycles. The maximum absolute atomic E-state index is 9.70. The molecule has 0 saturated heterocycles. The first-order valence-electron chi connectivity index (χ1n) is 7.12. The Balaban J connectivity index is 1.94. The van der Waals surface area contributed by atoms with Crippen LogP contribution in [0.25, 0.3) is 16.9 Å². The van der Waals surface area contributed by atoms with E-state index in [0.29, 0.717) is 17.3 Å². The van der Waals surface area contributed by atoms with Crippen molar-refractivity contribution in [2.75, 3.05) is 5.32 Å². The number of nitrogens with one attached hydrogen (secondary N) is 1. The number of phenols is 1. The number of nitriles is 1. The second-order valence-electron chi connectivity index (χ2n) is 5.34. The molecule has 2 aromatic carbocycles. The van der Waals surface area contributed by atoms with Gasteiger partial charge in [-0.15, -0.1) is 0 Å². The Morgan fingerprint density at radius 2 is 2.04 bits per heavy atom. The molecule has 0 aliphatic carbocycles. The van der Waals surface area contributed by atoms with Gasteiger partial charge in [-0.2, -0.15) is 5.26 Å². The number of para-hydroxylation sites is 2. The summed E-state index contributed by atoms with van der Waals surface area (Å²) in [5, 5.41) is 22.5. The number of imidazole rings is 1. The average Bonchev–Trinajstić information content (AvgIpc) is 2.93. The lowest BCUT2D eigenvalue weighted by Crippen LogP contribution is -2.26. The Kier molecular flexibility index (Phi) is 2.75. The van der Waals surface area contributed by atoms with Crippen molar-refractivity contribution >= 4 is 22.8 Å². The van der Waals surface area contributed by atoms with Gasteiger partial charge in [-0.3, -0.25) is 4.57 Å². The topological polar surface area (TPSA) is 99.9 Å². The molecule has 1 atom stereocenters. The lowest BCUT2D eigenvalue weighted by Gasteiger charge is -2.26. The fourth-order valence-corrected chi connectivity index (χ4v) is 2.91. The van der Waals surface area contributed by atoms with E-state index in [2.05, 4.69) is 16.4 Å². The van der Waals surface area contributed by atoms with Gasteiger partial charge in [-0.05, 0) is 29.8 Å². The van der Waals surface area contributed by atoms with Crippen molar-refractivity contribution in [3.8, 4) is 11.8 Å². The van der Waals surface area contributed by atoms with Crippen LogP contribution in [0.3, 0.4) is 0 Å². The summed E-state index contributed by atoms with van der Waals surface area (Å²) in [7, 11) is 0. The summed E-state index contributed by atoms with van der Waals surface area (Å²) >= 11 is 0. The standard InChI is InChI=1S/C17H13N5O/c18-9-12-15(10-4-3-5-11(23)8-10)21-17-20-13-6-1-2-7-14(13)22(17)16(12)19/h1-8,15,23H,19H2,(H,20,21). The molecule has 0 amide bonds. The van der Waals surface area contributed by atoms with Gasteiger partial charge in [-0.1, -0.05) is 24.3 Å². The highest BCUT2D eigenvalue weighted by atomic mass is 16.3. The molecule has 4 N–H and O–H groups in total. The minimum atomic E-state index is -0.448. The third-order valence-corrected chi connectivity index (χ3v) is 3.96. The van der Waals surface area contributed by atoms with Gasteiger partial charge in [0.05, 0.1) is 22.6 Å². The smallest absolute Gasteiger partial charge is 0.210 e. The van der Waals surface area contributed by atoms with E-state index in [0.717, 1.165) is 16.6 Å². The minimum absolute atomic E-state index is 0.138. The molecule has 1 unspecified atom stereocenters. The van der Waals surface area contributed by atoms with Crippen molar-refractivity contribution in [2.45, 2.75) is 6.04 Å². The third-order valence-electron chi connectivity index (χ3n) is 3.96. The minimum Gasteiger partial charge on any atom is -0.508 e. The third kappa shape index (κ3) is 1.91. The number of nitrogens with zero attached hydrogens (tertiary/aromatic N) is 3. The molecular weight excluding hydrogens is 290 g/mol. The normalized spacial score (nSPS) is 16.7. The Hall–Kier alpha value is -3.46. The predicted molar refractivity (Wildman–Crippen MR) is 87.2 cm³/mol. The number of hydrogen-bond donors (Lipinski definition) is 3. The van der Waals surface area contributed by atoms with Gasteiger partial charge < -0.3 is 16.2 Å². The highest BCUT2D eigenvalue weighted by Gasteiger charge is 2.29. The number of benzene rings is 2. The van der Waals surface area contributed by atoms with Crippen LogP contribution >= 0.6 is 0 Å². The van der Waals surface area contributed by atoms with E-state index >= 15 is 0 Å². The second kappa shape index (κ2) is 4.78. The lowest BCUT2D eigenvalue weighted by molar-refractivity contribution is 0.474. The summed E-state index contributed by atoms with van der Waals surface area (Å²) in [6.45, 7) is 0. The zero-order valence-corrected chi connectivity index (χ0v) is 12.1. The number of anilines is 1. The average molecular weight is 303 g/mol. The van der Waals surface area contributed by atoms with Crippen molar-refractivity contribution in [3.63, 3.8) is 0 Å². The first kappa shape index (κ1) is 13.2. The zero-order chi connectivity index (χ0) is 16.0. The van der Waals surface area contributed by atoms with Gasteiger partial charge >= 0.3 is 0 Å². The Morgan fingerprint density at radius 1 is 1.22 bits per heavy atom. The van der Waals surface area contributed by atoms with Crippen LogP contribution in [-0.4, -0.2) is 14.7 Å². The van der Waals surface area contributed by atoms with Gasteiger partial charge in [0.2, 0.25) is 5.95 Å². The molecule has 4 rings (SSSR count). The van der Waals surface area contributed by atoms with Gasteiger partial charge in [-0.25, -0.2) is 4.98 Å². The fourth-order valence-electron chi connectivity index (χ4n) is 2.91. The first-order valence-corrected chi connectivity index (χ1v) is 7.12. The van der Waals surface area contributed by atoms with E-state index in [9.17, 15) is 10.4 Å². The number of hydrogen-bond acceptors (Lipinski definition) is 5. The molecule has 23 heavy (non-hydrogen) atoms. The van der Waals surface area contributed by atoms with Gasteiger partial charge in [0.25, 0.3) is 0 Å². The highest BCUT2D eigenvalue weighted by molar-refractivity contribution is 5.85. The van der Waals surface area contributed by atoms with Crippen molar-refractivity contribution in [2.24, 2.45) is 5.73 Å². The van der Waals surface area contributed by atoms with Crippen LogP contribution in [0.1, 0.15) is 11.6 Å². The summed E-state index contributed by atoms with van der Waals surface area (Å²) in [6, 6.07) is 16.1. The molecule has 0 bridgehead atoms. The van der Waals surface area contributed by atoms with Gasteiger partial charge in [0, 0.05) is 0 Å². The Morgan fingerprint density at radius 3 is 2.83 bits per heavy atom. The maximum Gasteiger partial charge on any atom is 0.210 e. The molecule has 3 aromatic rings. The summed E-state index contributed by atoms with van der Waals surface area (Å²) in [4.78, 5) is 4.54. The van der Waals surface area contributed by atoms with E-state index in [4.69, 9.17) is 5.73 Å². The van der Waals surface area contributed by atoms with Gasteiger partial charge in [0.15, 0.2) is 0 Å². The quantitative estimate of drug-likeness (QED) is 0.641. The number of phenolic OH excluding ortho intramolecular Hbond substituents is 1. The molecule has 0 fully saturated rings. The number of aromatic nitrogens is 2. The molecule has 0 spiro atoms. The van der Waals surface area contributed by atoms with E-state index in [1.165, 1.54) is 0 Å². The summed E-state index contributed by atoms with van der Waals surface area (Å²) in [6.07, 6.45) is 0.